The molecular weight excluding hydrogens is 458 g/mol. The summed E-state index contributed by atoms with van der Waals surface area (Å²) in [4.78, 5) is 41.9. The first-order valence-corrected chi connectivity index (χ1v) is 11.7. The summed E-state index contributed by atoms with van der Waals surface area (Å²) in [6, 6.07) is 10.9. The number of ether oxygens (including phenoxy) is 2. The molecule has 2 aromatic carbocycles. The van der Waals surface area contributed by atoms with E-state index in [1.54, 1.807) is 49.4 Å². The molecule has 1 aliphatic heterocycles. The zero-order chi connectivity index (χ0) is 24.7. The number of amides is 2. The number of para-hydroxylation sites is 1. The van der Waals surface area contributed by atoms with Crippen LogP contribution in [0.4, 0.5) is 5.69 Å². The van der Waals surface area contributed by atoms with E-state index in [0.717, 1.165) is 19.6 Å². The topological polar surface area (TPSA) is 88.2 Å². The van der Waals surface area contributed by atoms with Crippen LogP contribution in [0.15, 0.2) is 42.5 Å². The SMILES string of the molecule is CCN(CC)CCNC(=O)C(C)N1C(=O)COc2ccc(C(=O)COc3ccccc3Cl)cc21. The van der Waals surface area contributed by atoms with Gasteiger partial charge in [0.2, 0.25) is 5.91 Å². The number of benzene rings is 2. The number of likely N-dealkylation sites (N-methyl/N-ethyl adjacent to an activating group) is 1. The van der Waals surface area contributed by atoms with Crippen molar-refractivity contribution in [1.82, 2.24) is 10.2 Å². The van der Waals surface area contributed by atoms with Gasteiger partial charge in [0.15, 0.2) is 19.0 Å². The van der Waals surface area contributed by atoms with Gasteiger partial charge in [-0.05, 0) is 50.3 Å². The normalized spacial score (nSPS) is 13.8. The Morgan fingerprint density at radius 2 is 1.94 bits per heavy atom. The maximum absolute atomic E-state index is 12.8. The van der Waals surface area contributed by atoms with Crippen molar-refractivity contribution in [2.45, 2.75) is 26.8 Å². The van der Waals surface area contributed by atoms with Crippen molar-refractivity contribution in [3.8, 4) is 11.5 Å². The van der Waals surface area contributed by atoms with Gasteiger partial charge in [0.05, 0.1) is 10.7 Å². The third kappa shape index (κ3) is 6.07. The predicted molar refractivity (Wildman–Crippen MR) is 131 cm³/mol. The van der Waals surface area contributed by atoms with Gasteiger partial charge >= 0.3 is 0 Å². The molecule has 2 aromatic rings. The summed E-state index contributed by atoms with van der Waals surface area (Å²) in [5.41, 5.74) is 0.717. The second-order valence-corrected chi connectivity index (χ2v) is 8.28. The Kier molecular flexibility index (Phi) is 8.90. The molecule has 9 heteroatoms. The number of carbonyl (C=O) groups is 3. The average Bonchev–Trinajstić information content (AvgIpc) is 2.85. The minimum Gasteiger partial charge on any atom is -0.484 e. The molecule has 1 heterocycles. The second-order valence-electron chi connectivity index (χ2n) is 7.87. The first-order valence-electron chi connectivity index (χ1n) is 11.3. The van der Waals surface area contributed by atoms with Gasteiger partial charge in [-0.2, -0.15) is 0 Å². The highest BCUT2D eigenvalue weighted by atomic mass is 35.5. The van der Waals surface area contributed by atoms with E-state index in [0.29, 0.717) is 34.3 Å². The fourth-order valence-electron chi connectivity index (χ4n) is 3.70. The van der Waals surface area contributed by atoms with E-state index in [1.807, 2.05) is 0 Å². The number of hydrogen-bond acceptors (Lipinski definition) is 6. The summed E-state index contributed by atoms with van der Waals surface area (Å²) in [6.45, 7) is 8.39. The summed E-state index contributed by atoms with van der Waals surface area (Å²) in [5.74, 6) is -0.0726. The van der Waals surface area contributed by atoms with Crippen LogP contribution in [-0.4, -0.2) is 67.9 Å². The number of fused-ring (bicyclic) bond motifs is 1. The van der Waals surface area contributed by atoms with Crippen molar-refractivity contribution in [2.75, 3.05) is 44.3 Å². The van der Waals surface area contributed by atoms with Gasteiger partial charge in [0, 0.05) is 18.7 Å². The van der Waals surface area contributed by atoms with Gasteiger partial charge in [-0.25, -0.2) is 0 Å². The van der Waals surface area contributed by atoms with Crippen LogP contribution in [0.5, 0.6) is 11.5 Å². The van der Waals surface area contributed by atoms with Crippen LogP contribution in [0.2, 0.25) is 5.02 Å². The number of rotatable bonds is 11. The number of hydrogen-bond donors (Lipinski definition) is 1. The number of carbonyl (C=O) groups excluding carboxylic acids is 3. The third-order valence-corrected chi connectivity index (χ3v) is 6.06. The maximum Gasteiger partial charge on any atom is 0.265 e. The molecule has 1 unspecified atom stereocenters. The maximum atomic E-state index is 12.8. The van der Waals surface area contributed by atoms with Crippen LogP contribution in [0.3, 0.4) is 0 Å². The monoisotopic (exact) mass is 487 g/mol. The molecule has 3 rings (SSSR count). The minimum atomic E-state index is -0.767. The minimum absolute atomic E-state index is 0.174. The zero-order valence-electron chi connectivity index (χ0n) is 19.7. The smallest absolute Gasteiger partial charge is 0.265 e. The number of anilines is 1. The van der Waals surface area contributed by atoms with E-state index in [2.05, 4.69) is 24.1 Å². The fourth-order valence-corrected chi connectivity index (χ4v) is 3.89. The quantitative estimate of drug-likeness (QED) is 0.490. The standard InChI is InChI=1S/C25H30ClN3O5/c1-4-28(5-2)13-12-27-25(32)17(3)29-20-14-18(10-11-23(20)34-16-24(29)31)21(30)15-33-22-9-7-6-8-19(22)26/h6-11,14,17H,4-5,12-13,15-16H2,1-3H3,(H,27,32). The van der Waals surface area contributed by atoms with Crippen molar-refractivity contribution < 1.29 is 23.9 Å². The lowest BCUT2D eigenvalue weighted by molar-refractivity contribution is -0.127. The summed E-state index contributed by atoms with van der Waals surface area (Å²) in [7, 11) is 0. The van der Waals surface area contributed by atoms with E-state index in [4.69, 9.17) is 21.1 Å². The Labute approximate surface area is 204 Å². The first kappa shape index (κ1) is 25.5. The van der Waals surface area contributed by atoms with Crippen LogP contribution >= 0.6 is 11.6 Å². The van der Waals surface area contributed by atoms with Crippen LogP contribution in [0, 0.1) is 0 Å². The van der Waals surface area contributed by atoms with Crippen molar-refractivity contribution in [3.05, 3.63) is 53.1 Å². The Morgan fingerprint density at radius 3 is 2.65 bits per heavy atom. The lowest BCUT2D eigenvalue weighted by atomic mass is 10.1. The van der Waals surface area contributed by atoms with Crippen LogP contribution in [0.25, 0.3) is 0 Å². The highest BCUT2D eigenvalue weighted by Gasteiger charge is 2.33. The number of nitrogens with zero attached hydrogens (tertiary/aromatic N) is 2. The number of nitrogens with one attached hydrogen (secondary N) is 1. The fraction of sp³-hybridized carbons (Fsp3) is 0.400. The van der Waals surface area contributed by atoms with E-state index in [1.165, 1.54) is 4.90 Å². The Hall–Kier alpha value is -3.10. The van der Waals surface area contributed by atoms with Crippen LogP contribution in [0.1, 0.15) is 31.1 Å². The molecule has 0 bridgehead atoms. The molecular formula is C25H30ClN3O5. The molecule has 0 fully saturated rings. The molecule has 0 aromatic heterocycles. The Morgan fingerprint density at radius 1 is 1.21 bits per heavy atom. The molecule has 0 radical (unpaired) electrons. The summed E-state index contributed by atoms with van der Waals surface area (Å²) >= 11 is 6.08. The van der Waals surface area contributed by atoms with Gasteiger partial charge in [0.1, 0.15) is 17.5 Å². The second kappa shape index (κ2) is 11.9. The lowest BCUT2D eigenvalue weighted by Gasteiger charge is -2.33. The molecule has 34 heavy (non-hydrogen) atoms. The third-order valence-electron chi connectivity index (χ3n) is 5.74. The summed E-state index contributed by atoms with van der Waals surface area (Å²) < 4.78 is 11.1. The predicted octanol–water partition coefficient (Wildman–Crippen LogP) is 3.17. The highest BCUT2D eigenvalue weighted by molar-refractivity contribution is 6.32. The first-order chi connectivity index (χ1) is 16.3. The molecule has 0 saturated carbocycles. The van der Waals surface area contributed by atoms with Gasteiger partial charge in [-0.3, -0.25) is 19.3 Å². The number of halogens is 1. The molecule has 8 nitrogen and oxygen atoms in total. The molecule has 1 N–H and O–H groups in total. The summed E-state index contributed by atoms with van der Waals surface area (Å²) in [6.07, 6.45) is 0. The molecule has 182 valence electrons. The highest BCUT2D eigenvalue weighted by Crippen LogP contribution is 2.34. The number of Topliss-reactive ketones (excluding diaryl/α,β-unsaturated/α-hetero) is 1. The molecule has 0 saturated heterocycles. The van der Waals surface area contributed by atoms with Gasteiger partial charge in [0.25, 0.3) is 5.91 Å². The van der Waals surface area contributed by atoms with E-state index < -0.39 is 6.04 Å². The van der Waals surface area contributed by atoms with Crippen molar-refractivity contribution in [3.63, 3.8) is 0 Å². The van der Waals surface area contributed by atoms with Gasteiger partial charge in [-0.15, -0.1) is 0 Å². The molecule has 2 amide bonds. The van der Waals surface area contributed by atoms with Crippen LogP contribution < -0.4 is 19.7 Å². The van der Waals surface area contributed by atoms with Crippen molar-refractivity contribution in [1.29, 1.82) is 0 Å². The van der Waals surface area contributed by atoms with E-state index >= 15 is 0 Å². The lowest BCUT2D eigenvalue weighted by Crippen LogP contribution is -2.52. The number of ketones is 1. The average molecular weight is 488 g/mol. The van der Waals surface area contributed by atoms with Crippen molar-refractivity contribution >= 4 is 34.9 Å². The van der Waals surface area contributed by atoms with E-state index in [9.17, 15) is 14.4 Å². The molecule has 1 aliphatic rings. The van der Waals surface area contributed by atoms with E-state index in [-0.39, 0.29) is 30.8 Å². The van der Waals surface area contributed by atoms with Gasteiger partial charge in [-0.1, -0.05) is 37.6 Å². The van der Waals surface area contributed by atoms with Gasteiger partial charge < -0.3 is 19.7 Å². The molecule has 1 atom stereocenters. The largest absolute Gasteiger partial charge is 0.484 e. The Bertz CT molecular complexity index is 1040. The van der Waals surface area contributed by atoms with Crippen molar-refractivity contribution in [2.24, 2.45) is 0 Å². The molecule has 0 aliphatic carbocycles. The summed E-state index contributed by atoms with van der Waals surface area (Å²) in [5, 5.41) is 3.31. The molecule has 0 spiro atoms. The zero-order valence-corrected chi connectivity index (χ0v) is 20.4. The Balaban J connectivity index is 1.72. The van der Waals surface area contributed by atoms with Crippen LogP contribution in [-0.2, 0) is 9.59 Å².